The van der Waals surface area contributed by atoms with E-state index in [2.05, 4.69) is 0 Å². The smallest absolute Gasteiger partial charge is 0.260 e. The summed E-state index contributed by atoms with van der Waals surface area (Å²) >= 11 is 0. The van der Waals surface area contributed by atoms with Gasteiger partial charge in [-0.05, 0) is 24.3 Å². The third kappa shape index (κ3) is 3.65. The summed E-state index contributed by atoms with van der Waals surface area (Å²) < 4.78 is 23.2. The quantitative estimate of drug-likeness (QED) is 0.861. The number of benzene rings is 1. The van der Waals surface area contributed by atoms with Gasteiger partial charge in [0.05, 0.1) is 25.9 Å². The Morgan fingerprint density at radius 2 is 2.21 bits per heavy atom. The average molecular weight is 269 g/mol. The SMILES string of the molecule is O=C(COc1ccc(F)cc1)N1CCOCC1CO. The molecule has 0 radical (unpaired) electrons. The van der Waals surface area contributed by atoms with Crippen molar-refractivity contribution < 1.29 is 23.8 Å². The summed E-state index contributed by atoms with van der Waals surface area (Å²) in [5, 5.41) is 9.17. The number of halogens is 1. The Labute approximate surface area is 110 Å². The van der Waals surface area contributed by atoms with Gasteiger partial charge in [0.2, 0.25) is 0 Å². The van der Waals surface area contributed by atoms with Crippen molar-refractivity contribution >= 4 is 5.91 Å². The highest BCUT2D eigenvalue weighted by Crippen LogP contribution is 2.12. The van der Waals surface area contributed by atoms with Crippen molar-refractivity contribution in [3.8, 4) is 5.75 Å². The van der Waals surface area contributed by atoms with E-state index in [-0.39, 0.29) is 31.0 Å². The third-order valence-electron chi connectivity index (χ3n) is 2.93. The number of hydrogen-bond donors (Lipinski definition) is 1. The van der Waals surface area contributed by atoms with E-state index < -0.39 is 0 Å². The fraction of sp³-hybridized carbons (Fsp3) is 0.462. The van der Waals surface area contributed by atoms with Gasteiger partial charge < -0.3 is 19.5 Å². The summed E-state index contributed by atoms with van der Waals surface area (Å²) in [4.78, 5) is 13.5. The highest BCUT2D eigenvalue weighted by atomic mass is 19.1. The number of nitrogens with zero attached hydrogens (tertiary/aromatic N) is 1. The van der Waals surface area contributed by atoms with Crippen LogP contribution in [0.2, 0.25) is 0 Å². The maximum atomic E-state index is 12.7. The molecule has 1 aromatic carbocycles. The van der Waals surface area contributed by atoms with Gasteiger partial charge in [-0.15, -0.1) is 0 Å². The minimum atomic E-state index is -0.354. The second-order valence-corrected chi connectivity index (χ2v) is 4.24. The Kier molecular flexibility index (Phi) is 4.70. The summed E-state index contributed by atoms with van der Waals surface area (Å²) in [6.07, 6.45) is 0. The first-order valence-electron chi connectivity index (χ1n) is 6.07. The van der Waals surface area contributed by atoms with E-state index >= 15 is 0 Å². The minimum Gasteiger partial charge on any atom is -0.484 e. The van der Waals surface area contributed by atoms with Crippen molar-refractivity contribution in [3.05, 3.63) is 30.1 Å². The number of aliphatic hydroxyl groups is 1. The summed E-state index contributed by atoms with van der Waals surface area (Å²) in [6.45, 7) is 0.957. The number of ether oxygens (including phenoxy) is 2. The van der Waals surface area contributed by atoms with Crippen molar-refractivity contribution in [2.45, 2.75) is 6.04 Å². The molecular weight excluding hydrogens is 253 g/mol. The number of carbonyl (C=O) groups is 1. The van der Waals surface area contributed by atoms with Crippen LogP contribution >= 0.6 is 0 Å². The predicted molar refractivity (Wildman–Crippen MR) is 65.3 cm³/mol. The van der Waals surface area contributed by atoms with Gasteiger partial charge in [0, 0.05) is 6.54 Å². The number of hydrogen-bond acceptors (Lipinski definition) is 4. The number of amides is 1. The van der Waals surface area contributed by atoms with Gasteiger partial charge in [0.1, 0.15) is 11.6 Å². The summed E-state index contributed by atoms with van der Waals surface area (Å²) in [5.74, 6) is -0.137. The second-order valence-electron chi connectivity index (χ2n) is 4.24. The average Bonchev–Trinajstić information content (AvgIpc) is 2.46. The fourth-order valence-corrected chi connectivity index (χ4v) is 1.89. The number of aliphatic hydroxyl groups excluding tert-OH is 1. The van der Waals surface area contributed by atoms with Crippen LogP contribution in [0, 0.1) is 5.82 Å². The Hall–Kier alpha value is -1.66. The van der Waals surface area contributed by atoms with Crippen LogP contribution in [0.1, 0.15) is 0 Å². The molecule has 1 fully saturated rings. The van der Waals surface area contributed by atoms with E-state index in [4.69, 9.17) is 14.6 Å². The molecule has 104 valence electrons. The molecule has 1 unspecified atom stereocenters. The summed E-state index contributed by atoms with van der Waals surface area (Å²) in [7, 11) is 0. The molecule has 1 atom stereocenters. The first-order valence-corrected chi connectivity index (χ1v) is 6.07. The molecule has 1 N–H and O–H groups in total. The second kappa shape index (κ2) is 6.49. The van der Waals surface area contributed by atoms with Gasteiger partial charge >= 0.3 is 0 Å². The van der Waals surface area contributed by atoms with E-state index in [1.54, 1.807) is 4.90 Å². The number of morpholine rings is 1. The lowest BCUT2D eigenvalue weighted by molar-refractivity contribution is -0.143. The van der Waals surface area contributed by atoms with Crippen LogP contribution in [-0.2, 0) is 9.53 Å². The lowest BCUT2D eigenvalue weighted by Gasteiger charge is -2.34. The molecule has 1 heterocycles. The van der Waals surface area contributed by atoms with Gasteiger partial charge in [-0.3, -0.25) is 4.79 Å². The molecule has 6 heteroatoms. The van der Waals surface area contributed by atoms with Crippen LogP contribution in [0.15, 0.2) is 24.3 Å². The van der Waals surface area contributed by atoms with E-state index in [1.165, 1.54) is 24.3 Å². The topological polar surface area (TPSA) is 59.0 Å². The van der Waals surface area contributed by atoms with Crippen molar-refractivity contribution in [1.29, 1.82) is 0 Å². The Morgan fingerprint density at radius 3 is 2.89 bits per heavy atom. The van der Waals surface area contributed by atoms with Crippen LogP contribution < -0.4 is 4.74 Å². The van der Waals surface area contributed by atoms with Crippen LogP contribution in [-0.4, -0.2) is 54.9 Å². The van der Waals surface area contributed by atoms with E-state index in [9.17, 15) is 9.18 Å². The zero-order valence-corrected chi connectivity index (χ0v) is 10.4. The lowest BCUT2D eigenvalue weighted by atomic mass is 10.2. The van der Waals surface area contributed by atoms with Gasteiger partial charge in [0.25, 0.3) is 5.91 Å². The van der Waals surface area contributed by atoms with Crippen LogP contribution in [0.5, 0.6) is 5.75 Å². The van der Waals surface area contributed by atoms with Crippen molar-refractivity contribution in [1.82, 2.24) is 4.90 Å². The zero-order valence-electron chi connectivity index (χ0n) is 10.4. The molecule has 0 aliphatic carbocycles. The maximum Gasteiger partial charge on any atom is 0.260 e. The summed E-state index contributed by atoms with van der Waals surface area (Å²) in [6, 6.07) is 5.14. The standard InChI is InChI=1S/C13H16FNO4/c14-10-1-3-12(4-2-10)19-9-13(17)15-5-6-18-8-11(15)7-16/h1-4,11,16H,5-9H2. The van der Waals surface area contributed by atoms with Gasteiger partial charge in [0.15, 0.2) is 6.61 Å². The first kappa shape index (κ1) is 13.8. The van der Waals surface area contributed by atoms with Crippen molar-refractivity contribution in [2.24, 2.45) is 0 Å². The van der Waals surface area contributed by atoms with Crippen LogP contribution in [0.25, 0.3) is 0 Å². The molecule has 2 rings (SSSR count). The molecule has 1 aliphatic rings. The minimum absolute atomic E-state index is 0.137. The fourth-order valence-electron chi connectivity index (χ4n) is 1.89. The highest BCUT2D eigenvalue weighted by molar-refractivity contribution is 5.78. The zero-order chi connectivity index (χ0) is 13.7. The van der Waals surface area contributed by atoms with Crippen molar-refractivity contribution in [3.63, 3.8) is 0 Å². The normalized spacial score (nSPS) is 19.3. The molecule has 1 aliphatic heterocycles. The molecule has 1 amide bonds. The molecule has 0 aromatic heterocycles. The molecule has 0 saturated carbocycles. The molecule has 1 aromatic rings. The largest absolute Gasteiger partial charge is 0.484 e. The van der Waals surface area contributed by atoms with E-state index in [0.717, 1.165) is 0 Å². The lowest BCUT2D eigenvalue weighted by Crippen LogP contribution is -2.51. The van der Waals surface area contributed by atoms with E-state index in [0.29, 0.717) is 25.5 Å². The molecule has 0 bridgehead atoms. The van der Waals surface area contributed by atoms with Crippen LogP contribution in [0.3, 0.4) is 0 Å². The molecule has 19 heavy (non-hydrogen) atoms. The van der Waals surface area contributed by atoms with Gasteiger partial charge in [-0.2, -0.15) is 0 Å². The van der Waals surface area contributed by atoms with Crippen LogP contribution in [0.4, 0.5) is 4.39 Å². The maximum absolute atomic E-state index is 12.7. The monoisotopic (exact) mass is 269 g/mol. The highest BCUT2D eigenvalue weighted by Gasteiger charge is 2.26. The number of rotatable bonds is 4. The molecule has 0 spiro atoms. The summed E-state index contributed by atoms with van der Waals surface area (Å²) in [5.41, 5.74) is 0. The Bertz CT molecular complexity index is 423. The Balaban J connectivity index is 1.87. The van der Waals surface area contributed by atoms with Gasteiger partial charge in [-0.25, -0.2) is 4.39 Å². The first-order chi connectivity index (χ1) is 9.20. The number of carbonyl (C=O) groups excluding carboxylic acids is 1. The molecular formula is C13H16FNO4. The predicted octanol–water partition coefficient (Wildman–Crippen LogP) is 0.424. The molecule has 1 saturated heterocycles. The third-order valence-corrected chi connectivity index (χ3v) is 2.93. The molecule has 5 nitrogen and oxygen atoms in total. The van der Waals surface area contributed by atoms with E-state index in [1.807, 2.05) is 0 Å². The Morgan fingerprint density at radius 1 is 1.47 bits per heavy atom. The van der Waals surface area contributed by atoms with Crippen molar-refractivity contribution in [2.75, 3.05) is 33.0 Å². The van der Waals surface area contributed by atoms with Gasteiger partial charge in [-0.1, -0.05) is 0 Å².